The van der Waals surface area contributed by atoms with Gasteiger partial charge in [0.15, 0.2) is 18.3 Å². The summed E-state index contributed by atoms with van der Waals surface area (Å²) in [5, 5.41) is 25.9. The van der Waals surface area contributed by atoms with Gasteiger partial charge in [0.1, 0.15) is 30.2 Å². The maximum absolute atomic E-state index is 14.0. The van der Waals surface area contributed by atoms with Crippen molar-refractivity contribution in [2.24, 2.45) is 0 Å². The largest absolute Gasteiger partial charge is 0.507 e. The second kappa shape index (κ2) is 20.0. The van der Waals surface area contributed by atoms with Crippen molar-refractivity contribution >= 4 is 23.6 Å². The third-order valence-electron chi connectivity index (χ3n) is 13.7. The van der Waals surface area contributed by atoms with E-state index in [0.717, 1.165) is 47.3 Å². The number of ether oxygens (including phenoxy) is 5. The number of hydrogen-bond acceptors (Lipinski definition) is 12. The Labute approximate surface area is 361 Å². The molecule has 0 aromatic heterocycles. The van der Waals surface area contributed by atoms with Crippen LogP contribution >= 0.6 is 11.8 Å². The molecule has 0 aliphatic carbocycles. The van der Waals surface area contributed by atoms with Crippen molar-refractivity contribution in [2.75, 3.05) is 40.1 Å². The molecule has 7 atom stereocenters. The predicted molar refractivity (Wildman–Crippen MR) is 232 cm³/mol. The van der Waals surface area contributed by atoms with Crippen molar-refractivity contribution in [1.29, 1.82) is 5.26 Å². The van der Waals surface area contributed by atoms with Gasteiger partial charge in [-0.1, -0.05) is 90.0 Å². The van der Waals surface area contributed by atoms with E-state index in [1.54, 1.807) is 7.11 Å². The van der Waals surface area contributed by atoms with Crippen LogP contribution in [0.1, 0.15) is 153 Å². The normalized spacial score (nSPS) is 25.5. The predicted octanol–water partition coefficient (Wildman–Crippen LogP) is 8.55. The molecule has 0 spiro atoms. The Kier molecular flexibility index (Phi) is 14.8. The van der Waals surface area contributed by atoms with E-state index in [9.17, 15) is 20.0 Å². The number of aromatic hydroxyl groups is 1. The molecule has 1 unspecified atom stereocenters. The Balaban J connectivity index is 1.13. The van der Waals surface area contributed by atoms with Gasteiger partial charge in [0.05, 0.1) is 23.4 Å². The first-order valence-corrected chi connectivity index (χ1v) is 23.5. The van der Waals surface area contributed by atoms with Crippen LogP contribution in [0.15, 0.2) is 6.07 Å². The zero-order valence-electron chi connectivity index (χ0n) is 36.6. The number of likely N-dealkylation sites (N-methyl/N-ethyl adjacent to an activating group) is 1. The highest BCUT2D eigenvalue weighted by Crippen LogP contribution is 2.63. The van der Waals surface area contributed by atoms with E-state index in [4.69, 9.17) is 23.7 Å². The Morgan fingerprint density at radius 3 is 2.28 bits per heavy atom. The van der Waals surface area contributed by atoms with Crippen LogP contribution in [-0.4, -0.2) is 91.1 Å². The van der Waals surface area contributed by atoms with Gasteiger partial charge >= 0.3 is 5.97 Å². The summed E-state index contributed by atoms with van der Waals surface area (Å²) in [6.07, 6.45) is 16.9. The maximum atomic E-state index is 14.0. The molecule has 2 fully saturated rings. The van der Waals surface area contributed by atoms with E-state index in [2.05, 4.69) is 55.1 Å². The number of nitrogens with zero attached hydrogens (tertiary/aromatic N) is 3. The highest BCUT2D eigenvalue weighted by Gasteiger charge is 2.60. The van der Waals surface area contributed by atoms with Gasteiger partial charge in [-0.2, -0.15) is 5.26 Å². The number of nitrogens with one attached hydrogen (secondary N) is 1. The van der Waals surface area contributed by atoms with Crippen molar-refractivity contribution in [1.82, 2.24) is 15.1 Å². The number of carbonyl (C=O) groups is 2. The summed E-state index contributed by atoms with van der Waals surface area (Å²) in [5.41, 5.74) is 6.26. The minimum absolute atomic E-state index is 0.00492. The Morgan fingerprint density at radius 1 is 0.950 bits per heavy atom. The molecular weight excluding hydrogens is 781 g/mol. The maximum Gasteiger partial charge on any atom is 0.329 e. The van der Waals surface area contributed by atoms with Gasteiger partial charge in [-0.05, 0) is 57.4 Å². The summed E-state index contributed by atoms with van der Waals surface area (Å²) in [5.74, 6) is 1.40. The fourth-order valence-electron chi connectivity index (χ4n) is 10.5. The minimum Gasteiger partial charge on any atom is -0.507 e. The molecule has 6 heterocycles. The molecule has 2 aromatic rings. The number of benzene rings is 2. The lowest BCUT2D eigenvalue weighted by molar-refractivity contribution is -0.152. The van der Waals surface area contributed by atoms with E-state index in [1.807, 2.05) is 6.92 Å². The number of nitriles is 1. The monoisotopic (exact) mass is 846 g/mol. The summed E-state index contributed by atoms with van der Waals surface area (Å²) in [6.45, 7) is 8.21. The fourth-order valence-corrected chi connectivity index (χ4v) is 12.0. The van der Waals surface area contributed by atoms with E-state index in [0.29, 0.717) is 41.0 Å². The number of unbranched alkanes of at least 4 members (excludes halogenated alkanes) is 12. The zero-order valence-corrected chi connectivity index (χ0v) is 37.4. The first kappa shape index (κ1) is 44.4. The molecular formula is C47H66N4O8S. The highest BCUT2D eigenvalue weighted by atomic mass is 32.2. The Bertz CT molecular complexity index is 1920. The number of fused-ring (bicyclic) bond motifs is 10. The molecule has 6 aliphatic rings. The van der Waals surface area contributed by atoms with Crippen LogP contribution in [0.25, 0.3) is 0 Å². The number of amides is 1. The molecule has 1 amide bonds. The lowest BCUT2D eigenvalue weighted by Gasteiger charge is -2.61. The summed E-state index contributed by atoms with van der Waals surface area (Å²) in [7, 11) is 3.69. The number of piperazine rings is 1. The summed E-state index contributed by atoms with van der Waals surface area (Å²) in [4.78, 5) is 31.9. The second-order valence-electron chi connectivity index (χ2n) is 17.5. The average Bonchev–Trinajstić information content (AvgIpc) is 3.73. The highest BCUT2D eigenvalue weighted by molar-refractivity contribution is 7.99. The summed E-state index contributed by atoms with van der Waals surface area (Å²) in [6, 6.07) is 1.94. The van der Waals surface area contributed by atoms with E-state index in [-0.39, 0.29) is 55.7 Å². The number of thioether (sulfide) groups is 1. The number of hydrogen-bond donors (Lipinski definition) is 2. The number of phenolic OH excluding ortho intramolecular Hbond substituents is 1. The SMILES string of the molecule is CCCCCCCCCCCCCCCC(=O)N[C@H]1CS[C@@H]2c3c(O)c(C)c4c(c3[C@@H](COC1=O)N1C2[C@H]2c3c(cc(C)c(C)c3OCOC)C[C@H]([C@@H]1C#N)N2C)OCO4. The van der Waals surface area contributed by atoms with Crippen molar-refractivity contribution in [3.8, 4) is 29.1 Å². The molecule has 2 N–H and O–H groups in total. The van der Waals surface area contributed by atoms with Gasteiger partial charge in [0.25, 0.3) is 0 Å². The molecule has 0 radical (unpaired) electrons. The zero-order chi connectivity index (χ0) is 42.5. The quantitative estimate of drug-likeness (QED) is 0.0844. The molecule has 12 nitrogen and oxygen atoms in total. The number of phenols is 1. The van der Waals surface area contributed by atoms with Crippen LogP contribution in [0.5, 0.6) is 23.0 Å². The van der Waals surface area contributed by atoms with Gasteiger partial charge in [0.2, 0.25) is 12.7 Å². The van der Waals surface area contributed by atoms with Crippen LogP contribution < -0.4 is 19.5 Å². The van der Waals surface area contributed by atoms with Crippen LogP contribution in [0.4, 0.5) is 0 Å². The van der Waals surface area contributed by atoms with Gasteiger partial charge in [-0.15, -0.1) is 11.8 Å². The van der Waals surface area contributed by atoms with Crippen molar-refractivity contribution in [2.45, 2.75) is 166 Å². The first-order chi connectivity index (χ1) is 29.1. The lowest BCUT2D eigenvalue weighted by Crippen LogP contribution is -2.69. The van der Waals surface area contributed by atoms with Crippen molar-refractivity contribution < 1.29 is 38.4 Å². The van der Waals surface area contributed by atoms with Crippen molar-refractivity contribution in [3.05, 3.63) is 45.0 Å². The average molecular weight is 847 g/mol. The van der Waals surface area contributed by atoms with Gasteiger partial charge < -0.3 is 34.1 Å². The molecule has 13 heteroatoms. The van der Waals surface area contributed by atoms with E-state index >= 15 is 0 Å². The van der Waals surface area contributed by atoms with E-state index in [1.165, 1.54) is 76.0 Å². The molecule has 60 heavy (non-hydrogen) atoms. The Hall–Kier alpha value is -3.70. The molecule has 2 saturated heterocycles. The number of methoxy groups -OCH3 is 1. The number of esters is 1. The second-order valence-corrected chi connectivity index (χ2v) is 18.7. The van der Waals surface area contributed by atoms with Gasteiger partial charge in [-0.3, -0.25) is 14.6 Å². The molecule has 8 rings (SSSR count). The molecule has 328 valence electrons. The number of carbonyl (C=O) groups excluding carboxylic acids is 2. The smallest absolute Gasteiger partial charge is 0.329 e. The van der Waals surface area contributed by atoms with E-state index < -0.39 is 29.3 Å². The third-order valence-corrected chi connectivity index (χ3v) is 15.1. The van der Waals surface area contributed by atoms with Gasteiger partial charge in [-0.25, -0.2) is 4.79 Å². The topological polar surface area (TPSA) is 143 Å². The molecule has 0 saturated carbocycles. The first-order valence-electron chi connectivity index (χ1n) is 22.5. The molecule has 6 aliphatic heterocycles. The summed E-state index contributed by atoms with van der Waals surface area (Å²) < 4.78 is 30.1. The number of aryl methyl sites for hydroxylation is 1. The van der Waals surface area contributed by atoms with Crippen LogP contribution in [0.3, 0.4) is 0 Å². The molecule has 2 aromatic carbocycles. The fraction of sp³-hybridized carbons (Fsp3) is 0.681. The van der Waals surface area contributed by atoms with Crippen LogP contribution in [0.2, 0.25) is 0 Å². The summed E-state index contributed by atoms with van der Waals surface area (Å²) >= 11 is 1.51. The number of rotatable bonds is 18. The standard InChI is InChI=1S/C47H66N4O8S/c1-7-8-9-10-11-12-13-14-15-16-17-18-19-20-36(52)49-32-25-60-46-39-38(45-44(58-27-59-45)30(4)42(39)53)35(24-56-47(32)54)51-34(23-48)33-22-31-21-28(2)29(3)43(57-26-55-6)37(31)40(41(46)51)50(33)5/h21,32-35,40-41,46,53H,7-20,22,24-27H2,1-6H3,(H,49,52)/t32-,33+,34-,35+,40+,41?,46+/m0/s1. The van der Waals surface area contributed by atoms with Crippen molar-refractivity contribution in [3.63, 3.8) is 0 Å². The van der Waals surface area contributed by atoms with Crippen LogP contribution in [0, 0.1) is 32.1 Å². The molecule has 4 bridgehead atoms. The van der Waals surface area contributed by atoms with Crippen LogP contribution in [-0.2, 0) is 25.5 Å². The van der Waals surface area contributed by atoms with Gasteiger partial charge in [0, 0.05) is 53.6 Å². The lowest BCUT2D eigenvalue weighted by atomic mass is 9.71. The Morgan fingerprint density at radius 2 is 1.62 bits per heavy atom. The third kappa shape index (κ3) is 8.68. The minimum atomic E-state index is -0.886.